The molecule has 0 radical (unpaired) electrons. The van der Waals surface area contributed by atoms with Crippen LogP contribution in [0.3, 0.4) is 0 Å². The maximum absolute atomic E-state index is 13.9. The van der Waals surface area contributed by atoms with E-state index in [1.54, 1.807) is 7.11 Å². The molecule has 0 aromatic heterocycles. The van der Waals surface area contributed by atoms with Crippen molar-refractivity contribution in [3.05, 3.63) is 42.0 Å². The van der Waals surface area contributed by atoms with Crippen molar-refractivity contribution in [3.8, 4) is 5.75 Å². The molecule has 2 aromatic rings. The summed E-state index contributed by atoms with van der Waals surface area (Å²) in [6, 6.07) is 12.7. The third-order valence-corrected chi connectivity index (χ3v) is 4.98. The molecule has 0 spiro atoms. The van der Waals surface area contributed by atoms with Crippen LogP contribution in [0.15, 0.2) is 36.4 Å². The Bertz CT molecular complexity index is 697. The summed E-state index contributed by atoms with van der Waals surface area (Å²) in [5.74, 6) is 0.893. The van der Waals surface area contributed by atoms with Crippen molar-refractivity contribution < 1.29 is 9.13 Å². The smallest absolute Gasteiger partial charge is 0.119 e. The van der Waals surface area contributed by atoms with Crippen LogP contribution in [-0.4, -0.2) is 37.8 Å². The van der Waals surface area contributed by atoms with Crippen LogP contribution in [0, 0.1) is 5.41 Å². The average molecular weight is 329 g/mol. The lowest BCUT2D eigenvalue weighted by Crippen LogP contribution is -2.46. The van der Waals surface area contributed by atoms with Crippen molar-refractivity contribution in [1.29, 1.82) is 0 Å². The molecule has 0 bridgehead atoms. The Morgan fingerprint density at radius 2 is 2.08 bits per heavy atom. The first-order chi connectivity index (χ1) is 11.5. The van der Waals surface area contributed by atoms with E-state index in [1.165, 1.54) is 16.3 Å². The number of methoxy groups -OCH3 is 1. The molecule has 1 atom stereocenters. The van der Waals surface area contributed by atoms with E-state index < -0.39 is 6.17 Å². The Balaban J connectivity index is 1.64. The molecule has 3 heteroatoms. The minimum Gasteiger partial charge on any atom is -0.497 e. The summed E-state index contributed by atoms with van der Waals surface area (Å²) in [7, 11) is 1.70. The highest BCUT2D eigenvalue weighted by Crippen LogP contribution is 2.30. The largest absolute Gasteiger partial charge is 0.497 e. The molecule has 0 aliphatic carbocycles. The first-order valence-electron chi connectivity index (χ1n) is 8.89. The summed E-state index contributed by atoms with van der Waals surface area (Å²) < 4.78 is 19.2. The highest BCUT2D eigenvalue weighted by molar-refractivity contribution is 5.87. The van der Waals surface area contributed by atoms with Gasteiger partial charge in [0.2, 0.25) is 0 Å². The van der Waals surface area contributed by atoms with Crippen molar-refractivity contribution in [2.45, 2.75) is 39.3 Å². The molecule has 1 fully saturated rings. The molecule has 2 nitrogen and oxygen atoms in total. The van der Waals surface area contributed by atoms with Gasteiger partial charge in [-0.2, -0.15) is 0 Å². The first-order valence-corrected chi connectivity index (χ1v) is 8.89. The van der Waals surface area contributed by atoms with Crippen LogP contribution in [0.1, 0.15) is 32.3 Å². The summed E-state index contributed by atoms with van der Waals surface area (Å²) >= 11 is 0. The summed E-state index contributed by atoms with van der Waals surface area (Å²) in [4.78, 5) is 2.29. The summed E-state index contributed by atoms with van der Waals surface area (Å²) in [6.45, 7) is 6.90. The molecule has 24 heavy (non-hydrogen) atoms. The summed E-state index contributed by atoms with van der Waals surface area (Å²) in [5.41, 5.74) is 1.46. The first kappa shape index (κ1) is 17.2. The molecule has 0 saturated carbocycles. The van der Waals surface area contributed by atoms with Gasteiger partial charge in [0.05, 0.1) is 7.11 Å². The number of benzene rings is 2. The van der Waals surface area contributed by atoms with Gasteiger partial charge in [-0.1, -0.05) is 38.1 Å². The number of fused-ring (bicyclic) bond motifs is 1. The van der Waals surface area contributed by atoms with Gasteiger partial charge in [0.15, 0.2) is 0 Å². The van der Waals surface area contributed by atoms with Crippen molar-refractivity contribution in [2.75, 3.05) is 26.7 Å². The molecular weight excluding hydrogens is 301 g/mol. The lowest BCUT2D eigenvalue weighted by molar-refractivity contribution is 0.0515. The summed E-state index contributed by atoms with van der Waals surface area (Å²) in [6.07, 6.45) is 2.10. The molecule has 1 saturated heterocycles. The normalized spacial score (nSPS) is 21.1. The number of alkyl halides is 1. The second kappa shape index (κ2) is 7.10. The highest BCUT2D eigenvalue weighted by atomic mass is 19.1. The van der Waals surface area contributed by atoms with E-state index in [2.05, 4.69) is 49.1 Å². The maximum atomic E-state index is 13.9. The second-order valence-corrected chi connectivity index (χ2v) is 7.81. The van der Waals surface area contributed by atoms with Crippen LogP contribution in [0.5, 0.6) is 5.75 Å². The Kier molecular flexibility index (Phi) is 5.09. The van der Waals surface area contributed by atoms with E-state index in [0.717, 1.165) is 31.7 Å². The third kappa shape index (κ3) is 4.07. The number of rotatable bonds is 5. The minimum atomic E-state index is -0.682. The van der Waals surface area contributed by atoms with Gasteiger partial charge in [-0.15, -0.1) is 0 Å². The van der Waals surface area contributed by atoms with Crippen molar-refractivity contribution in [3.63, 3.8) is 0 Å². The molecular formula is C21H28FNO. The maximum Gasteiger partial charge on any atom is 0.119 e. The van der Waals surface area contributed by atoms with Gasteiger partial charge in [-0.3, -0.25) is 4.90 Å². The molecule has 2 aromatic carbocycles. The van der Waals surface area contributed by atoms with E-state index >= 15 is 0 Å². The number of hydrogen-bond donors (Lipinski definition) is 0. The predicted molar refractivity (Wildman–Crippen MR) is 98.6 cm³/mol. The fourth-order valence-corrected chi connectivity index (χ4v) is 4.02. The number of halogens is 1. The van der Waals surface area contributed by atoms with Crippen molar-refractivity contribution in [1.82, 2.24) is 4.90 Å². The second-order valence-electron chi connectivity index (χ2n) is 7.81. The van der Waals surface area contributed by atoms with Gasteiger partial charge >= 0.3 is 0 Å². The SMILES string of the molecule is COc1ccc2c(CCCN3CC(F)CC(C)(C)C3)cccc2c1. The number of piperidine rings is 1. The minimum absolute atomic E-state index is 0.0909. The van der Waals surface area contributed by atoms with Crippen LogP contribution in [0.2, 0.25) is 0 Å². The van der Waals surface area contributed by atoms with Crippen LogP contribution in [0.25, 0.3) is 10.8 Å². The molecule has 3 rings (SSSR count). The number of likely N-dealkylation sites (tertiary alicyclic amines) is 1. The Hall–Kier alpha value is -1.61. The third-order valence-electron chi connectivity index (χ3n) is 4.98. The number of hydrogen-bond acceptors (Lipinski definition) is 2. The van der Waals surface area contributed by atoms with Gasteiger partial charge < -0.3 is 4.74 Å². The topological polar surface area (TPSA) is 12.5 Å². The van der Waals surface area contributed by atoms with Gasteiger partial charge in [-0.25, -0.2) is 4.39 Å². The summed E-state index contributed by atoms with van der Waals surface area (Å²) in [5, 5.41) is 2.51. The number of aryl methyl sites for hydroxylation is 1. The fourth-order valence-electron chi connectivity index (χ4n) is 4.02. The quantitative estimate of drug-likeness (QED) is 0.777. The zero-order valence-corrected chi connectivity index (χ0v) is 15.0. The zero-order chi connectivity index (χ0) is 17.2. The lowest BCUT2D eigenvalue weighted by Gasteiger charge is -2.39. The Morgan fingerprint density at radius 1 is 1.25 bits per heavy atom. The molecule has 130 valence electrons. The van der Waals surface area contributed by atoms with Crippen molar-refractivity contribution >= 4 is 10.8 Å². The molecule has 1 aliphatic rings. The van der Waals surface area contributed by atoms with E-state index in [4.69, 9.17) is 4.74 Å². The zero-order valence-electron chi connectivity index (χ0n) is 15.0. The van der Waals surface area contributed by atoms with Gasteiger partial charge in [0.1, 0.15) is 11.9 Å². The fraction of sp³-hybridized carbons (Fsp3) is 0.524. The monoisotopic (exact) mass is 329 g/mol. The van der Waals surface area contributed by atoms with E-state index in [9.17, 15) is 4.39 Å². The lowest BCUT2D eigenvalue weighted by atomic mass is 9.83. The number of nitrogens with zero attached hydrogens (tertiary/aromatic N) is 1. The van der Waals surface area contributed by atoms with Crippen LogP contribution >= 0.6 is 0 Å². The molecule has 1 aliphatic heterocycles. The molecule has 1 unspecified atom stereocenters. The van der Waals surface area contributed by atoms with E-state index in [-0.39, 0.29) is 5.41 Å². The standard InChI is InChI=1S/C21H28FNO/c1-21(2)13-18(22)14-23(15-21)11-5-8-16-6-4-7-17-12-19(24-3)9-10-20(16)17/h4,6-7,9-10,12,18H,5,8,11,13-15H2,1-3H3. The van der Waals surface area contributed by atoms with E-state index in [0.29, 0.717) is 13.0 Å². The van der Waals surface area contributed by atoms with E-state index in [1.807, 2.05) is 6.07 Å². The average Bonchev–Trinajstić information content (AvgIpc) is 2.52. The number of ether oxygens (including phenoxy) is 1. The van der Waals surface area contributed by atoms with Crippen molar-refractivity contribution in [2.24, 2.45) is 5.41 Å². The van der Waals surface area contributed by atoms with Crippen LogP contribution < -0.4 is 4.74 Å². The van der Waals surface area contributed by atoms with Gasteiger partial charge in [0, 0.05) is 13.1 Å². The predicted octanol–water partition coefficient (Wildman–Crippen LogP) is 4.85. The Labute approximate surface area is 144 Å². The van der Waals surface area contributed by atoms with Gasteiger partial charge in [-0.05, 0) is 59.7 Å². The van der Waals surface area contributed by atoms with Crippen LogP contribution in [-0.2, 0) is 6.42 Å². The van der Waals surface area contributed by atoms with Gasteiger partial charge in [0.25, 0.3) is 0 Å². The molecule has 1 heterocycles. The highest BCUT2D eigenvalue weighted by Gasteiger charge is 2.32. The molecule has 0 amide bonds. The molecule has 0 N–H and O–H groups in total. The Morgan fingerprint density at radius 3 is 2.83 bits per heavy atom. The van der Waals surface area contributed by atoms with Crippen LogP contribution in [0.4, 0.5) is 4.39 Å².